The summed E-state index contributed by atoms with van der Waals surface area (Å²) in [4.78, 5) is 20.4. The molecule has 2 heterocycles. The van der Waals surface area contributed by atoms with Crippen molar-refractivity contribution in [2.45, 2.75) is 38.1 Å². The lowest BCUT2D eigenvalue weighted by molar-refractivity contribution is 0.0258. The molecule has 0 saturated carbocycles. The summed E-state index contributed by atoms with van der Waals surface area (Å²) in [5, 5.41) is 0.850. The third kappa shape index (κ3) is 3.62. The zero-order valence-corrected chi connectivity index (χ0v) is 16.5. The van der Waals surface area contributed by atoms with Crippen LogP contribution in [0.3, 0.4) is 0 Å². The summed E-state index contributed by atoms with van der Waals surface area (Å²) in [6.07, 6.45) is 5.74. The minimum absolute atomic E-state index is 0.0743. The highest BCUT2D eigenvalue weighted by Crippen LogP contribution is 2.36. The lowest BCUT2D eigenvalue weighted by Gasteiger charge is -2.37. The van der Waals surface area contributed by atoms with Crippen molar-refractivity contribution in [3.8, 4) is 16.3 Å². The van der Waals surface area contributed by atoms with Crippen LogP contribution in [-0.4, -0.2) is 48.7 Å². The van der Waals surface area contributed by atoms with Crippen LogP contribution in [0.15, 0.2) is 30.5 Å². The number of likely N-dealkylation sites (tertiary alicyclic amines) is 1. The molecule has 0 N–H and O–H groups in total. The topological polar surface area (TPSA) is 51.7 Å². The van der Waals surface area contributed by atoms with E-state index in [1.54, 1.807) is 20.4 Å². The fraction of sp³-hybridized carbons (Fsp3) is 0.500. The number of rotatable bonds is 7. The van der Waals surface area contributed by atoms with Gasteiger partial charge in [0.15, 0.2) is 0 Å². The van der Waals surface area contributed by atoms with E-state index in [0.717, 1.165) is 48.5 Å². The maximum atomic E-state index is 13.2. The van der Waals surface area contributed by atoms with Gasteiger partial charge in [-0.1, -0.05) is 13.3 Å². The minimum atomic E-state index is -0.176. The quantitative estimate of drug-likeness (QED) is 0.727. The highest BCUT2D eigenvalue weighted by atomic mass is 32.1. The van der Waals surface area contributed by atoms with Gasteiger partial charge in [0.1, 0.15) is 15.6 Å². The minimum Gasteiger partial charge on any atom is -0.497 e. The molecule has 140 valence electrons. The Morgan fingerprint density at radius 1 is 1.31 bits per heavy atom. The Kier molecular flexibility index (Phi) is 5.94. The first kappa shape index (κ1) is 18.9. The van der Waals surface area contributed by atoms with E-state index in [4.69, 9.17) is 9.47 Å². The number of carbonyl (C=O) groups is 1. The number of methoxy groups -OCH3 is 2. The lowest BCUT2D eigenvalue weighted by atomic mass is 9.91. The number of nitrogens with zero attached hydrogens (tertiary/aromatic N) is 2. The smallest absolute Gasteiger partial charge is 0.266 e. The molecule has 1 aromatic carbocycles. The van der Waals surface area contributed by atoms with E-state index < -0.39 is 0 Å². The predicted octanol–water partition coefficient (Wildman–Crippen LogP) is 4.24. The second-order valence-corrected chi connectivity index (χ2v) is 7.76. The first-order valence-electron chi connectivity index (χ1n) is 9.04. The van der Waals surface area contributed by atoms with E-state index in [9.17, 15) is 4.79 Å². The molecule has 0 aliphatic carbocycles. The van der Waals surface area contributed by atoms with Gasteiger partial charge >= 0.3 is 0 Å². The molecule has 1 amide bonds. The molecule has 0 radical (unpaired) electrons. The number of ether oxygens (including phenoxy) is 2. The summed E-state index contributed by atoms with van der Waals surface area (Å²) in [6.45, 7) is 3.54. The van der Waals surface area contributed by atoms with Gasteiger partial charge in [0, 0.05) is 19.2 Å². The maximum absolute atomic E-state index is 13.2. The van der Waals surface area contributed by atoms with E-state index >= 15 is 0 Å². The Morgan fingerprint density at radius 2 is 2.08 bits per heavy atom. The molecule has 6 heteroatoms. The second-order valence-electron chi connectivity index (χ2n) is 6.73. The second kappa shape index (κ2) is 8.18. The SMILES string of the molecule is CCCC1(COC)CCCN1C(=O)c1cnc(-c2ccc(OC)cc2)s1. The van der Waals surface area contributed by atoms with E-state index in [0.29, 0.717) is 11.5 Å². The van der Waals surface area contributed by atoms with Gasteiger partial charge in [-0.05, 0) is 43.5 Å². The molecule has 2 aromatic rings. The largest absolute Gasteiger partial charge is 0.497 e. The molecule has 1 saturated heterocycles. The average Bonchev–Trinajstić information content (AvgIpc) is 3.30. The van der Waals surface area contributed by atoms with Crippen molar-refractivity contribution in [3.63, 3.8) is 0 Å². The standard InChI is InChI=1S/C20H26N2O3S/c1-4-10-20(14-24-2)11-5-12-22(20)19(23)17-13-21-18(26-17)15-6-8-16(25-3)9-7-15/h6-9,13H,4-5,10-12,14H2,1-3H3. The van der Waals surface area contributed by atoms with Gasteiger partial charge in [0.25, 0.3) is 5.91 Å². The summed E-state index contributed by atoms with van der Waals surface area (Å²) in [5.74, 6) is 0.882. The molecular formula is C20H26N2O3S. The first-order chi connectivity index (χ1) is 12.6. The number of hydrogen-bond donors (Lipinski definition) is 0. The van der Waals surface area contributed by atoms with Crippen LogP contribution >= 0.6 is 11.3 Å². The molecule has 1 unspecified atom stereocenters. The van der Waals surface area contributed by atoms with Crippen LogP contribution < -0.4 is 4.74 Å². The van der Waals surface area contributed by atoms with Gasteiger partial charge in [-0.3, -0.25) is 4.79 Å². The van der Waals surface area contributed by atoms with Gasteiger partial charge in [-0.25, -0.2) is 4.98 Å². The molecule has 3 rings (SSSR count). The van der Waals surface area contributed by atoms with Crippen molar-refractivity contribution in [3.05, 3.63) is 35.3 Å². The first-order valence-corrected chi connectivity index (χ1v) is 9.86. The van der Waals surface area contributed by atoms with Crippen LogP contribution in [-0.2, 0) is 4.74 Å². The summed E-state index contributed by atoms with van der Waals surface area (Å²) < 4.78 is 10.7. The fourth-order valence-corrected chi connectivity index (χ4v) is 4.72. The molecule has 1 atom stereocenters. The van der Waals surface area contributed by atoms with Crippen LogP contribution in [0.5, 0.6) is 5.75 Å². The van der Waals surface area contributed by atoms with Crippen molar-refractivity contribution >= 4 is 17.2 Å². The van der Waals surface area contributed by atoms with E-state index in [1.807, 2.05) is 29.2 Å². The predicted molar refractivity (Wildman–Crippen MR) is 104 cm³/mol. The fourth-order valence-electron chi connectivity index (χ4n) is 3.84. The Morgan fingerprint density at radius 3 is 2.73 bits per heavy atom. The number of aromatic nitrogens is 1. The van der Waals surface area contributed by atoms with Gasteiger partial charge in [0.05, 0.1) is 25.5 Å². The number of thiazole rings is 1. The van der Waals surface area contributed by atoms with E-state index in [1.165, 1.54) is 11.3 Å². The summed E-state index contributed by atoms with van der Waals surface area (Å²) in [7, 11) is 3.36. The van der Waals surface area contributed by atoms with Crippen LogP contribution in [0, 0.1) is 0 Å². The Hall–Kier alpha value is -1.92. The molecular weight excluding hydrogens is 348 g/mol. The number of hydrogen-bond acceptors (Lipinski definition) is 5. The van der Waals surface area contributed by atoms with Crippen molar-refractivity contribution in [2.24, 2.45) is 0 Å². The normalized spacial score (nSPS) is 19.7. The molecule has 1 fully saturated rings. The number of benzene rings is 1. The van der Waals surface area contributed by atoms with E-state index in [-0.39, 0.29) is 11.4 Å². The Labute approximate surface area is 159 Å². The molecule has 1 aromatic heterocycles. The van der Waals surface area contributed by atoms with Gasteiger partial charge in [0.2, 0.25) is 0 Å². The molecule has 0 spiro atoms. The lowest BCUT2D eigenvalue weighted by Crippen LogP contribution is -2.50. The van der Waals surface area contributed by atoms with Gasteiger partial charge in [-0.2, -0.15) is 0 Å². The highest BCUT2D eigenvalue weighted by Gasteiger charge is 2.43. The average molecular weight is 375 g/mol. The maximum Gasteiger partial charge on any atom is 0.266 e. The molecule has 1 aliphatic rings. The van der Waals surface area contributed by atoms with Crippen LogP contribution in [0.25, 0.3) is 10.6 Å². The summed E-state index contributed by atoms with van der Waals surface area (Å²) in [6, 6.07) is 7.75. The van der Waals surface area contributed by atoms with Gasteiger partial charge in [-0.15, -0.1) is 11.3 Å². The number of amides is 1. The third-order valence-electron chi connectivity index (χ3n) is 5.02. The van der Waals surface area contributed by atoms with Crippen molar-refractivity contribution < 1.29 is 14.3 Å². The summed E-state index contributed by atoms with van der Waals surface area (Å²) in [5.41, 5.74) is 0.818. The van der Waals surface area contributed by atoms with Crippen molar-refractivity contribution in [1.82, 2.24) is 9.88 Å². The van der Waals surface area contributed by atoms with Crippen molar-refractivity contribution in [1.29, 1.82) is 0 Å². The molecule has 0 bridgehead atoms. The Bertz CT molecular complexity index is 736. The monoisotopic (exact) mass is 374 g/mol. The van der Waals surface area contributed by atoms with Crippen LogP contribution in [0.2, 0.25) is 0 Å². The van der Waals surface area contributed by atoms with Crippen LogP contribution in [0.1, 0.15) is 42.3 Å². The molecule has 5 nitrogen and oxygen atoms in total. The van der Waals surface area contributed by atoms with E-state index in [2.05, 4.69) is 11.9 Å². The molecule has 1 aliphatic heterocycles. The zero-order valence-electron chi connectivity index (χ0n) is 15.7. The third-order valence-corrected chi connectivity index (χ3v) is 6.06. The van der Waals surface area contributed by atoms with Gasteiger partial charge < -0.3 is 14.4 Å². The van der Waals surface area contributed by atoms with Crippen molar-refractivity contribution in [2.75, 3.05) is 27.4 Å². The molecule has 26 heavy (non-hydrogen) atoms. The highest BCUT2D eigenvalue weighted by molar-refractivity contribution is 7.16. The number of carbonyl (C=O) groups excluding carboxylic acids is 1. The Balaban J connectivity index is 1.82. The summed E-state index contributed by atoms with van der Waals surface area (Å²) >= 11 is 1.45. The zero-order chi connectivity index (χ0) is 18.6. The van der Waals surface area contributed by atoms with Crippen LogP contribution in [0.4, 0.5) is 0 Å².